The molecule has 1 fully saturated rings. The summed E-state index contributed by atoms with van der Waals surface area (Å²) < 4.78 is 57.8. The van der Waals surface area contributed by atoms with E-state index in [-0.39, 0.29) is 11.7 Å². The number of piperazine rings is 1. The maximum Gasteiger partial charge on any atom is 0.422 e. The fourth-order valence-electron chi connectivity index (χ4n) is 3.68. The van der Waals surface area contributed by atoms with Crippen molar-refractivity contribution >= 4 is 5.91 Å². The van der Waals surface area contributed by atoms with Gasteiger partial charge in [-0.2, -0.15) is 13.2 Å². The molecule has 1 aliphatic heterocycles. The van der Waals surface area contributed by atoms with E-state index in [1.54, 1.807) is 26.2 Å². The number of rotatable bonds is 8. The van der Waals surface area contributed by atoms with Gasteiger partial charge in [-0.1, -0.05) is 6.07 Å². The SMILES string of the molecule is COc1ccc(CN2CCN(C(=O)c3ccc(OCC(F)(F)F)cc3)CC2)c(OC)c1OC. The van der Waals surface area contributed by atoms with E-state index in [2.05, 4.69) is 9.64 Å². The van der Waals surface area contributed by atoms with Crippen molar-refractivity contribution < 1.29 is 36.9 Å². The first-order valence-corrected chi connectivity index (χ1v) is 10.3. The number of alkyl halides is 3. The van der Waals surface area contributed by atoms with Gasteiger partial charge in [0.15, 0.2) is 18.1 Å². The van der Waals surface area contributed by atoms with Crippen LogP contribution in [0.5, 0.6) is 23.0 Å². The Kier molecular flexibility index (Phi) is 7.91. The Balaban J connectivity index is 1.57. The van der Waals surface area contributed by atoms with E-state index in [1.165, 1.54) is 24.3 Å². The van der Waals surface area contributed by atoms with Crippen LogP contribution in [-0.2, 0) is 6.54 Å². The highest BCUT2D eigenvalue weighted by Gasteiger charge is 2.28. The molecule has 0 aliphatic carbocycles. The molecule has 0 spiro atoms. The van der Waals surface area contributed by atoms with E-state index in [1.807, 2.05) is 12.1 Å². The van der Waals surface area contributed by atoms with Crippen molar-refractivity contribution in [3.63, 3.8) is 0 Å². The molecule has 7 nitrogen and oxygen atoms in total. The zero-order chi connectivity index (χ0) is 24.0. The number of ether oxygens (including phenoxy) is 4. The molecule has 3 rings (SSSR count). The number of hydrogen-bond donors (Lipinski definition) is 0. The topological polar surface area (TPSA) is 60.5 Å². The first-order chi connectivity index (χ1) is 15.8. The summed E-state index contributed by atoms with van der Waals surface area (Å²) in [6.07, 6.45) is -4.41. The molecule has 1 heterocycles. The minimum Gasteiger partial charge on any atom is -0.493 e. The third kappa shape index (κ3) is 6.22. The predicted octanol–water partition coefficient (Wildman–Crippen LogP) is 3.61. The summed E-state index contributed by atoms with van der Waals surface area (Å²) in [6, 6.07) is 9.47. The summed E-state index contributed by atoms with van der Waals surface area (Å²) in [5, 5.41) is 0. The van der Waals surface area contributed by atoms with Crippen LogP contribution in [0.2, 0.25) is 0 Å². The van der Waals surface area contributed by atoms with Gasteiger partial charge >= 0.3 is 6.18 Å². The lowest BCUT2D eigenvalue weighted by molar-refractivity contribution is -0.153. The molecule has 180 valence electrons. The molecular formula is C23H27F3N2O5. The van der Waals surface area contributed by atoms with Gasteiger partial charge in [0.2, 0.25) is 5.75 Å². The molecule has 0 bridgehead atoms. The Morgan fingerprint density at radius 2 is 1.52 bits per heavy atom. The van der Waals surface area contributed by atoms with E-state index in [9.17, 15) is 18.0 Å². The van der Waals surface area contributed by atoms with Crippen LogP contribution in [0.1, 0.15) is 15.9 Å². The molecule has 1 amide bonds. The molecule has 0 saturated carbocycles. The van der Waals surface area contributed by atoms with Gasteiger partial charge in [-0.15, -0.1) is 0 Å². The van der Waals surface area contributed by atoms with Crippen molar-refractivity contribution in [1.29, 1.82) is 0 Å². The summed E-state index contributed by atoms with van der Waals surface area (Å²) >= 11 is 0. The highest BCUT2D eigenvalue weighted by atomic mass is 19.4. The van der Waals surface area contributed by atoms with Crippen LogP contribution in [0.3, 0.4) is 0 Å². The second-order valence-corrected chi connectivity index (χ2v) is 7.49. The van der Waals surface area contributed by atoms with Crippen molar-refractivity contribution in [3.8, 4) is 23.0 Å². The molecule has 0 atom stereocenters. The molecule has 2 aromatic rings. The number of hydrogen-bond acceptors (Lipinski definition) is 6. The molecule has 0 aromatic heterocycles. The van der Waals surface area contributed by atoms with Gasteiger partial charge in [-0.05, 0) is 30.3 Å². The number of carbonyl (C=O) groups excluding carboxylic acids is 1. The van der Waals surface area contributed by atoms with Crippen LogP contribution in [0, 0.1) is 0 Å². The average molecular weight is 468 g/mol. The molecule has 0 radical (unpaired) electrons. The lowest BCUT2D eigenvalue weighted by Gasteiger charge is -2.35. The van der Waals surface area contributed by atoms with Gasteiger partial charge < -0.3 is 23.8 Å². The summed E-state index contributed by atoms with van der Waals surface area (Å²) in [7, 11) is 4.71. The Morgan fingerprint density at radius 3 is 2.06 bits per heavy atom. The molecular weight excluding hydrogens is 441 g/mol. The second kappa shape index (κ2) is 10.7. The van der Waals surface area contributed by atoms with E-state index < -0.39 is 12.8 Å². The lowest BCUT2D eigenvalue weighted by Crippen LogP contribution is -2.48. The minimum absolute atomic E-state index is 0.0672. The number of amides is 1. The highest BCUT2D eigenvalue weighted by Crippen LogP contribution is 2.40. The van der Waals surface area contributed by atoms with E-state index in [4.69, 9.17) is 14.2 Å². The fraction of sp³-hybridized carbons (Fsp3) is 0.435. The number of methoxy groups -OCH3 is 3. The van der Waals surface area contributed by atoms with Gasteiger partial charge in [-0.3, -0.25) is 9.69 Å². The maximum absolute atomic E-state index is 12.8. The Labute approximate surface area is 190 Å². The minimum atomic E-state index is -4.41. The summed E-state index contributed by atoms with van der Waals surface area (Å²) in [5.74, 6) is 1.64. The third-order valence-electron chi connectivity index (χ3n) is 5.34. The van der Waals surface area contributed by atoms with Crippen molar-refractivity contribution in [2.45, 2.75) is 12.7 Å². The molecule has 2 aromatic carbocycles. The van der Waals surface area contributed by atoms with Crippen LogP contribution < -0.4 is 18.9 Å². The van der Waals surface area contributed by atoms with Crippen LogP contribution >= 0.6 is 0 Å². The highest BCUT2D eigenvalue weighted by molar-refractivity contribution is 5.94. The third-order valence-corrected chi connectivity index (χ3v) is 5.34. The molecule has 1 saturated heterocycles. The van der Waals surface area contributed by atoms with Crippen LogP contribution in [-0.4, -0.2) is 76.0 Å². The second-order valence-electron chi connectivity index (χ2n) is 7.49. The first-order valence-electron chi connectivity index (χ1n) is 10.3. The molecule has 0 N–H and O–H groups in total. The quantitative estimate of drug-likeness (QED) is 0.590. The number of halogens is 3. The van der Waals surface area contributed by atoms with Crippen molar-refractivity contribution in [2.24, 2.45) is 0 Å². The van der Waals surface area contributed by atoms with Gasteiger partial charge in [0.25, 0.3) is 5.91 Å². The average Bonchev–Trinajstić information content (AvgIpc) is 2.82. The number of nitrogens with zero attached hydrogens (tertiary/aromatic N) is 2. The summed E-state index contributed by atoms with van der Waals surface area (Å²) in [6.45, 7) is 1.64. The monoisotopic (exact) mass is 468 g/mol. The molecule has 1 aliphatic rings. The van der Waals surface area contributed by atoms with Crippen LogP contribution in [0.25, 0.3) is 0 Å². The zero-order valence-corrected chi connectivity index (χ0v) is 18.8. The Bertz CT molecular complexity index is 942. The van der Waals surface area contributed by atoms with Crippen molar-refractivity contribution in [3.05, 3.63) is 47.5 Å². The summed E-state index contributed by atoms with van der Waals surface area (Å²) in [4.78, 5) is 16.7. The van der Waals surface area contributed by atoms with E-state index in [0.717, 1.165) is 5.56 Å². The van der Waals surface area contributed by atoms with E-state index in [0.29, 0.717) is 55.5 Å². The standard InChI is InChI=1S/C23H27F3N2O5/c1-30-19-9-6-17(20(31-2)21(19)32-3)14-27-10-12-28(13-11-27)22(29)16-4-7-18(8-5-16)33-15-23(24,25)26/h4-9H,10-15H2,1-3H3. The number of carbonyl (C=O) groups is 1. The molecule has 33 heavy (non-hydrogen) atoms. The maximum atomic E-state index is 12.8. The van der Waals surface area contributed by atoms with Gasteiger partial charge in [0.1, 0.15) is 5.75 Å². The Hall–Kier alpha value is -3.14. The predicted molar refractivity (Wildman–Crippen MR) is 115 cm³/mol. The normalized spacial score (nSPS) is 14.7. The lowest BCUT2D eigenvalue weighted by atomic mass is 10.1. The fourth-order valence-corrected chi connectivity index (χ4v) is 3.68. The first kappa shape index (κ1) is 24.5. The van der Waals surface area contributed by atoms with E-state index >= 15 is 0 Å². The van der Waals surface area contributed by atoms with Crippen molar-refractivity contribution in [1.82, 2.24) is 9.80 Å². The zero-order valence-electron chi connectivity index (χ0n) is 18.8. The smallest absolute Gasteiger partial charge is 0.422 e. The largest absolute Gasteiger partial charge is 0.493 e. The van der Waals surface area contributed by atoms with Crippen LogP contribution in [0.4, 0.5) is 13.2 Å². The van der Waals surface area contributed by atoms with Gasteiger partial charge in [-0.25, -0.2) is 0 Å². The van der Waals surface area contributed by atoms with Crippen molar-refractivity contribution in [2.75, 3.05) is 54.1 Å². The number of benzene rings is 2. The molecule has 10 heteroatoms. The summed E-state index contributed by atoms with van der Waals surface area (Å²) in [5.41, 5.74) is 1.36. The Morgan fingerprint density at radius 1 is 0.879 bits per heavy atom. The van der Waals surface area contributed by atoms with Crippen LogP contribution in [0.15, 0.2) is 36.4 Å². The van der Waals surface area contributed by atoms with Gasteiger partial charge in [0.05, 0.1) is 21.3 Å². The molecule has 0 unspecified atom stereocenters. The van der Waals surface area contributed by atoms with Gasteiger partial charge in [0, 0.05) is 43.9 Å².